The molecule has 0 aliphatic carbocycles. The number of rotatable bonds is 8. The van der Waals surface area contributed by atoms with Crippen molar-refractivity contribution in [1.82, 2.24) is 15.5 Å². The van der Waals surface area contributed by atoms with Gasteiger partial charge in [0, 0.05) is 18.6 Å². The molecule has 0 bridgehead atoms. The molecule has 1 unspecified atom stereocenters. The summed E-state index contributed by atoms with van der Waals surface area (Å²) in [6.45, 7) is 1.42. The third-order valence-electron chi connectivity index (χ3n) is 4.53. The first-order chi connectivity index (χ1) is 14.5. The van der Waals surface area contributed by atoms with Crippen LogP contribution in [0.5, 0.6) is 11.5 Å². The summed E-state index contributed by atoms with van der Waals surface area (Å²) in [4.78, 5) is 24.2. The summed E-state index contributed by atoms with van der Waals surface area (Å²) in [5, 5.41) is 12.6. The van der Waals surface area contributed by atoms with E-state index in [2.05, 4.69) is 20.8 Å². The summed E-state index contributed by atoms with van der Waals surface area (Å²) in [7, 11) is 3.18. The molecule has 3 aromatic rings. The van der Waals surface area contributed by atoms with Crippen LogP contribution in [-0.2, 0) is 9.59 Å². The van der Waals surface area contributed by atoms with E-state index in [9.17, 15) is 9.59 Å². The highest BCUT2D eigenvalue weighted by Crippen LogP contribution is 2.29. The Labute approximate surface area is 174 Å². The highest BCUT2D eigenvalue weighted by Gasteiger charge is 2.18. The zero-order valence-corrected chi connectivity index (χ0v) is 17.1. The van der Waals surface area contributed by atoms with Crippen molar-refractivity contribution in [2.75, 3.05) is 19.5 Å². The van der Waals surface area contributed by atoms with E-state index >= 15 is 0 Å². The van der Waals surface area contributed by atoms with Crippen molar-refractivity contribution >= 4 is 17.6 Å². The lowest BCUT2D eigenvalue weighted by molar-refractivity contribution is -0.120. The van der Waals surface area contributed by atoms with E-state index < -0.39 is 6.04 Å². The second-order valence-corrected chi connectivity index (χ2v) is 6.65. The van der Waals surface area contributed by atoms with Gasteiger partial charge in [0.1, 0.15) is 11.5 Å². The van der Waals surface area contributed by atoms with E-state index in [0.717, 1.165) is 16.8 Å². The standard InChI is InChI=1S/C22H24N4O4/c1-14(27)23-18(15-8-10-16(29-2)11-9-15)13-22(28)24-21-12-19(25-26-21)17-6-4-5-7-20(17)30-3/h4-12,18H,13H2,1-3H3,(H,23,27)(H2,24,25,26,28). The number of ether oxygens (including phenoxy) is 2. The highest BCUT2D eigenvalue weighted by atomic mass is 16.5. The maximum Gasteiger partial charge on any atom is 0.227 e. The molecule has 0 saturated heterocycles. The van der Waals surface area contributed by atoms with Crippen LogP contribution in [0.1, 0.15) is 24.9 Å². The molecule has 0 aliphatic heterocycles. The summed E-state index contributed by atoms with van der Waals surface area (Å²) in [6.07, 6.45) is 0.0583. The van der Waals surface area contributed by atoms with Crippen LogP contribution in [0, 0.1) is 0 Å². The van der Waals surface area contributed by atoms with Crippen molar-refractivity contribution in [2.45, 2.75) is 19.4 Å². The third kappa shape index (κ3) is 5.16. The van der Waals surface area contributed by atoms with Gasteiger partial charge in [-0.25, -0.2) is 0 Å². The Morgan fingerprint density at radius 2 is 1.80 bits per heavy atom. The molecule has 1 heterocycles. The van der Waals surface area contributed by atoms with Crippen LogP contribution in [0.2, 0.25) is 0 Å². The normalized spacial score (nSPS) is 11.4. The maximum absolute atomic E-state index is 12.6. The number of hydrogen-bond donors (Lipinski definition) is 3. The van der Waals surface area contributed by atoms with Crippen molar-refractivity contribution in [3.63, 3.8) is 0 Å². The molecule has 8 heteroatoms. The molecule has 0 radical (unpaired) electrons. The number of nitrogens with one attached hydrogen (secondary N) is 3. The molecule has 2 aromatic carbocycles. The van der Waals surface area contributed by atoms with Crippen molar-refractivity contribution in [3.05, 3.63) is 60.2 Å². The van der Waals surface area contributed by atoms with Crippen molar-refractivity contribution in [2.24, 2.45) is 0 Å². The fraction of sp³-hybridized carbons (Fsp3) is 0.227. The minimum Gasteiger partial charge on any atom is -0.497 e. The molecule has 8 nitrogen and oxygen atoms in total. The van der Waals surface area contributed by atoms with Crippen molar-refractivity contribution in [3.8, 4) is 22.8 Å². The molecule has 0 aliphatic rings. The van der Waals surface area contributed by atoms with Gasteiger partial charge in [-0.2, -0.15) is 5.10 Å². The molecular weight excluding hydrogens is 384 g/mol. The number of para-hydroxylation sites is 1. The lowest BCUT2D eigenvalue weighted by atomic mass is 10.0. The van der Waals surface area contributed by atoms with E-state index in [0.29, 0.717) is 17.3 Å². The average molecular weight is 408 g/mol. The average Bonchev–Trinajstić information content (AvgIpc) is 3.21. The van der Waals surface area contributed by atoms with E-state index in [1.807, 2.05) is 36.4 Å². The fourth-order valence-electron chi connectivity index (χ4n) is 3.10. The predicted molar refractivity (Wildman–Crippen MR) is 113 cm³/mol. The van der Waals surface area contributed by atoms with Crippen LogP contribution < -0.4 is 20.1 Å². The van der Waals surface area contributed by atoms with Crippen LogP contribution in [0.4, 0.5) is 5.82 Å². The monoisotopic (exact) mass is 408 g/mol. The van der Waals surface area contributed by atoms with Gasteiger partial charge in [0.25, 0.3) is 0 Å². The predicted octanol–water partition coefficient (Wildman–Crippen LogP) is 3.30. The molecular formula is C22H24N4O4. The van der Waals surface area contributed by atoms with Gasteiger partial charge in [-0.15, -0.1) is 0 Å². The molecule has 0 spiro atoms. The number of hydrogen-bond acceptors (Lipinski definition) is 5. The van der Waals surface area contributed by atoms with Crippen LogP contribution in [-0.4, -0.2) is 36.2 Å². The fourth-order valence-corrected chi connectivity index (χ4v) is 3.10. The first-order valence-electron chi connectivity index (χ1n) is 9.40. The second-order valence-electron chi connectivity index (χ2n) is 6.65. The number of H-pyrrole nitrogens is 1. The lowest BCUT2D eigenvalue weighted by Gasteiger charge is -2.18. The Hall–Kier alpha value is -3.81. The number of nitrogens with zero attached hydrogens (tertiary/aromatic N) is 1. The zero-order valence-electron chi connectivity index (χ0n) is 17.1. The van der Waals surface area contributed by atoms with Gasteiger partial charge < -0.3 is 20.1 Å². The van der Waals surface area contributed by atoms with Gasteiger partial charge in [0.2, 0.25) is 11.8 Å². The van der Waals surface area contributed by atoms with E-state index in [-0.39, 0.29) is 18.2 Å². The first kappa shape index (κ1) is 20.9. The first-order valence-corrected chi connectivity index (χ1v) is 9.40. The minimum absolute atomic E-state index is 0.0583. The van der Waals surface area contributed by atoms with Crippen LogP contribution >= 0.6 is 0 Å². The number of benzene rings is 2. The van der Waals surface area contributed by atoms with Gasteiger partial charge in [-0.1, -0.05) is 24.3 Å². The summed E-state index contributed by atoms with van der Waals surface area (Å²) >= 11 is 0. The third-order valence-corrected chi connectivity index (χ3v) is 4.53. The van der Waals surface area contributed by atoms with E-state index in [1.54, 1.807) is 32.4 Å². The number of carbonyl (C=O) groups is 2. The summed E-state index contributed by atoms with van der Waals surface area (Å²) < 4.78 is 10.5. The number of carbonyl (C=O) groups excluding carboxylic acids is 2. The van der Waals surface area contributed by atoms with Gasteiger partial charge in [0.15, 0.2) is 5.82 Å². The Morgan fingerprint density at radius 1 is 1.07 bits per heavy atom. The molecule has 0 fully saturated rings. The lowest BCUT2D eigenvalue weighted by Crippen LogP contribution is -2.29. The molecule has 2 amide bonds. The second kappa shape index (κ2) is 9.60. The molecule has 3 N–H and O–H groups in total. The molecule has 1 aromatic heterocycles. The molecule has 1 atom stereocenters. The van der Waals surface area contributed by atoms with Crippen LogP contribution in [0.3, 0.4) is 0 Å². The van der Waals surface area contributed by atoms with Gasteiger partial charge in [-0.3, -0.25) is 14.7 Å². The summed E-state index contributed by atoms with van der Waals surface area (Å²) in [5.41, 5.74) is 2.36. The van der Waals surface area contributed by atoms with Gasteiger partial charge >= 0.3 is 0 Å². The van der Waals surface area contributed by atoms with E-state index in [4.69, 9.17) is 9.47 Å². The number of anilines is 1. The largest absolute Gasteiger partial charge is 0.497 e. The zero-order chi connectivity index (χ0) is 21.5. The molecule has 30 heavy (non-hydrogen) atoms. The van der Waals surface area contributed by atoms with Crippen LogP contribution in [0.25, 0.3) is 11.3 Å². The Morgan fingerprint density at radius 3 is 2.47 bits per heavy atom. The van der Waals surface area contributed by atoms with Crippen molar-refractivity contribution in [1.29, 1.82) is 0 Å². The SMILES string of the molecule is COc1ccc(C(CC(=O)Nc2cc(-c3ccccc3OC)[nH]n2)NC(C)=O)cc1. The number of amides is 2. The van der Waals surface area contributed by atoms with E-state index in [1.165, 1.54) is 6.92 Å². The molecule has 3 rings (SSSR count). The topological polar surface area (TPSA) is 105 Å². The Bertz CT molecular complexity index is 1010. The molecule has 156 valence electrons. The minimum atomic E-state index is -0.471. The maximum atomic E-state index is 12.6. The Kier molecular flexibility index (Phi) is 6.69. The van der Waals surface area contributed by atoms with Crippen LogP contribution in [0.15, 0.2) is 54.6 Å². The number of aromatic amines is 1. The smallest absolute Gasteiger partial charge is 0.227 e. The number of methoxy groups -OCH3 is 2. The Balaban J connectivity index is 1.71. The van der Waals surface area contributed by atoms with Crippen molar-refractivity contribution < 1.29 is 19.1 Å². The number of aromatic nitrogens is 2. The molecule has 0 saturated carbocycles. The summed E-state index contributed by atoms with van der Waals surface area (Å²) in [6, 6.07) is 16.0. The van der Waals surface area contributed by atoms with Gasteiger partial charge in [0.05, 0.1) is 32.4 Å². The highest BCUT2D eigenvalue weighted by molar-refractivity contribution is 5.91. The van der Waals surface area contributed by atoms with Gasteiger partial charge in [-0.05, 0) is 29.8 Å². The quantitative estimate of drug-likeness (QED) is 0.530. The summed E-state index contributed by atoms with van der Waals surface area (Å²) in [5.74, 6) is 1.29.